The van der Waals surface area contributed by atoms with Gasteiger partial charge in [0.2, 0.25) is 0 Å². The lowest BCUT2D eigenvalue weighted by Gasteiger charge is -2.35. The third-order valence-electron chi connectivity index (χ3n) is 4.28. The lowest BCUT2D eigenvalue weighted by molar-refractivity contribution is 0.0292. The van der Waals surface area contributed by atoms with Crippen LogP contribution in [0.15, 0.2) is 30.3 Å². The van der Waals surface area contributed by atoms with Gasteiger partial charge in [-0.15, -0.1) is 0 Å². The van der Waals surface area contributed by atoms with E-state index in [9.17, 15) is 5.11 Å². The average Bonchev–Trinajstić information content (AvgIpc) is 3.11. The van der Waals surface area contributed by atoms with Gasteiger partial charge in [0.1, 0.15) is 0 Å². The van der Waals surface area contributed by atoms with Crippen molar-refractivity contribution < 1.29 is 5.11 Å². The van der Waals surface area contributed by atoms with Crippen LogP contribution in [0.25, 0.3) is 0 Å². The lowest BCUT2D eigenvalue weighted by atomic mass is 9.90. The average molecular weight is 231 g/mol. The van der Waals surface area contributed by atoms with Crippen LogP contribution in [0.4, 0.5) is 0 Å². The Morgan fingerprint density at radius 1 is 1.24 bits per heavy atom. The minimum absolute atomic E-state index is 0.296. The number of aliphatic hydroxyl groups is 1. The Bertz CT molecular complexity index is 372. The molecular formula is C15H21NO. The number of benzene rings is 1. The van der Waals surface area contributed by atoms with Crippen molar-refractivity contribution in [3.05, 3.63) is 35.9 Å². The molecule has 2 heteroatoms. The molecule has 0 spiro atoms. The molecule has 1 aliphatic heterocycles. The van der Waals surface area contributed by atoms with E-state index in [4.69, 9.17) is 0 Å². The van der Waals surface area contributed by atoms with Gasteiger partial charge in [0.05, 0.1) is 5.60 Å². The van der Waals surface area contributed by atoms with Crippen LogP contribution in [-0.2, 0) is 6.54 Å². The summed E-state index contributed by atoms with van der Waals surface area (Å²) in [5.41, 5.74) is 1.09. The van der Waals surface area contributed by atoms with Crippen molar-refractivity contribution in [3.8, 4) is 0 Å². The van der Waals surface area contributed by atoms with Crippen LogP contribution in [0, 0.1) is 5.92 Å². The highest BCUT2D eigenvalue weighted by Crippen LogP contribution is 2.45. The Labute approximate surface area is 103 Å². The molecule has 2 fully saturated rings. The molecule has 1 atom stereocenters. The number of piperidine rings is 1. The first-order chi connectivity index (χ1) is 8.26. The molecule has 1 N–H and O–H groups in total. The highest BCUT2D eigenvalue weighted by Gasteiger charge is 2.48. The molecule has 0 radical (unpaired) electrons. The second kappa shape index (κ2) is 4.43. The SMILES string of the molecule is OC1(C2CCCN(Cc3ccccc3)C2)CC1. The zero-order valence-corrected chi connectivity index (χ0v) is 10.3. The van der Waals surface area contributed by atoms with E-state index in [0.29, 0.717) is 5.92 Å². The second-order valence-corrected chi connectivity index (χ2v) is 5.66. The summed E-state index contributed by atoms with van der Waals surface area (Å²) in [4.78, 5) is 2.50. The van der Waals surface area contributed by atoms with Gasteiger partial charge in [-0.25, -0.2) is 0 Å². The predicted molar refractivity (Wildman–Crippen MR) is 68.6 cm³/mol. The summed E-state index contributed by atoms with van der Waals surface area (Å²) in [6.45, 7) is 3.29. The molecule has 1 aromatic carbocycles. The van der Waals surface area contributed by atoms with E-state index in [1.54, 1.807) is 0 Å². The fourth-order valence-corrected chi connectivity index (χ4v) is 3.02. The van der Waals surface area contributed by atoms with Crippen LogP contribution in [0.5, 0.6) is 0 Å². The van der Waals surface area contributed by atoms with E-state index >= 15 is 0 Å². The fraction of sp³-hybridized carbons (Fsp3) is 0.600. The van der Waals surface area contributed by atoms with Gasteiger partial charge in [-0.3, -0.25) is 4.90 Å². The smallest absolute Gasteiger partial charge is 0.0690 e. The third kappa shape index (κ3) is 2.53. The van der Waals surface area contributed by atoms with Crippen molar-refractivity contribution in [1.29, 1.82) is 0 Å². The topological polar surface area (TPSA) is 23.5 Å². The Morgan fingerprint density at radius 2 is 2.00 bits per heavy atom. The summed E-state index contributed by atoms with van der Waals surface area (Å²) in [5, 5.41) is 10.2. The number of likely N-dealkylation sites (tertiary alicyclic amines) is 1. The second-order valence-electron chi connectivity index (χ2n) is 5.66. The van der Waals surface area contributed by atoms with Crippen LogP contribution >= 0.6 is 0 Å². The summed E-state index contributed by atoms with van der Waals surface area (Å²) in [7, 11) is 0. The number of hydrogen-bond acceptors (Lipinski definition) is 2. The monoisotopic (exact) mass is 231 g/mol. The van der Waals surface area contributed by atoms with E-state index < -0.39 is 0 Å². The van der Waals surface area contributed by atoms with Crippen LogP contribution in [0.3, 0.4) is 0 Å². The largest absolute Gasteiger partial charge is 0.390 e. The van der Waals surface area contributed by atoms with Crippen molar-refractivity contribution in [2.45, 2.75) is 37.8 Å². The molecule has 1 saturated heterocycles. The maximum Gasteiger partial charge on any atom is 0.0690 e. The van der Waals surface area contributed by atoms with Crippen LogP contribution in [-0.4, -0.2) is 28.7 Å². The molecule has 0 bridgehead atoms. The quantitative estimate of drug-likeness (QED) is 0.863. The first-order valence-electron chi connectivity index (χ1n) is 6.75. The summed E-state index contributed by atoms with van der Waals surface area (Å²) < 4.78 is 0. The first-order valence-corrected chi connectivity index (χ1v) is 6.75. The number of rotatable bonds is 3. The van der Waals surface area contributed by atoms with E-state index in [1.165, 1.54) is 24.9 Å². The molecule has 1 saturated carbocycles. The van der Waals surface area contributed by atoms with Gasteiger partial charge in [0, 0.05) is 19.0 Å². The Balaban J connectivity index is 1.60. The number of hydrogen-bond donors (Lipinski definition) is 1. The van der Waals surface area contributed by atoms with E-state index in [2.05, 4.69) is 35.2 Å². The highest BCUT2D eigenvalue weighted by molar-refractivity contribution is 5.14. The van der Waals surface area contributed by atoms with Gasteiger partial charge < -0.3 is 5.11 Å². The zero-order chi connectivity index (χ0) is 11.7. The zero-order valence-electron chi connectivity index (χ0n) is 10.3. The van der Waals surface area contributed by atoms with Gasteiger partial charge in [-0.2, -0.15) is 0 Å². The molecule has 92 valence electrons. The summed E-state index contributed by atoms with van der Waals surface area (Å²) in [6, 6.07) is 10.6. The fourth-order valence-electron chi connectivity index (χ4n) is 3.02. The Kier molecular flexibility index (Phi) is 2.93. The molecule has 1 unspecified atom stereocenters. The molecule has 3 rings (SSSR count). The minimum Gasteiger partial charge on any atom is -0.390 e. The molecular weight excluding hydrogens is 210 g/mol. The minimum atomic E-state index is -0.296. The van der Waals surface area contributed by atoms with E-state index in [0.717, 1.165) is 25.9 Å². The van der Waals surface area contributed by atoms with Crippen LogP contribution in [0.2, 0.25) is 0 Å². The van der Waals surface area contributed by atoms with Gasteiger partial charge in [0.25, 0.3) is 0 Å². The first kappa shape index (κ1) is 11.2. The van der Waals surface area contributed by atoms with E-state index in [1.807, 2.05) is 0 Å². The third-order valence-corrected chi connectivity index (χ3v) is 4.28. The van der Waals surface area contributed by atoms with Crippen LogP contribution < -0.4 is 0 Å². The maximum absolute atomic E-state index is 10.2. The summed E-state index contributed by atoms with van der Waals surface area (Å²) in [6.07, 6.45) is 4.50. The van der Waals surface area contributed by atoms with Crippen molar-refractivity contribution >= 4 is 0 Å². The maximum atomic E-state index is 10.2. The predicted octanol–water partition coefficient (Wildman–Crippen LogP) is 2.42. The molecule has 1 heterocycles. The standard InChI is InChI=1S/C15H21NO/c17-15(8-9-15)14-7-4-10-16(12-14)11-13-5-2-1-3-6-13/h1-3,5-6,14,17H,4,7-12H2. The summed E-state index contributed by atoms with van der Waals surface area (Å²) >= 11 is 0. The highest BCUT2D eigenvalue weighted by atomic mass is 16.3. The normalized spacial score (nSPS) is 27.9. The van der Waals surface area contributed by atoms with Crippen molar-refractivity contribution in [1.82, 2.24) is 4.90 Å². The Morgan fingerprint density at radius 3 is 2.71 bits per heavy atom. The van der Waals surface area contributed by atoms with Crippen molar-refractivity contribution in [2.24, 2.45) is 5.92 Å². The molecule has 1 aliphatic carbocycles. The van der Waals surface area contributed by atoms with E-state index in [-0.39, 0.29) is 5.60 Å². The molecule has 1 aromatic rings. The summed E-state index contributed by atoms with van der Waals surface area (Å²) in [5.74, 6) is 0.514. The molecule has 2 nitrogen and oxygen atoms in total. The molecule has 0 aromatic heterocycles. The lowest BCUT2D eigenvalue weighted by Crippen LogP contribution is -2.40. The van der Waals surface area contributed by atoms with Gasteiger partial charge >= 0.3 is 0 Å². The number of nitrogens with zero attached hydrogens (tertiary/aromatic N) is 1. The molecule has 17 heavy (non-hydrogen) atoms. The van der Waals surface area contributed by atoms with Gasteiger partial charge in [0.15, 0.2) is 0 Å². The molecule has 2 aliphatic rings. The van der Waals surface area contributed by atoms with Crippen LogP contribution in [0.1, 0.15) is 31.2 Å². The van der Waals surface area contributed by atoms with Crippen molar-refractivity contribution in [3.63, 3.8) is 0 Å². The van der Waals surface area contributed by atoms with Crippen molar-refractivity contribution in [2.75, 3.05) is 13.1 Å². The van der Waals surface area contributed by atoms with Gasteiger partial charge in [-0.1, -0.05) is 30.3 Å². The molecule has 0 amide bonds. The van der Waals surface area contributed by atoms with Gasteiger partial charge in [-0.05, 0) is 37.8 Å². The Hall–Kier alpha value is -0.860.